The molecule has 0 radical (unpaired) electrons. The van der Waals surface area contributed by atoms with E-state index < -0.39 is 5.97 Å². The number of hydrogen-bond donors (Lipinski definition) is 1. The van der Waals surface area contributed by atoms with Crippen molar-refractivity contribution < 1.29 is 14.6 Å². The fourth-order valence-corrected chi connectivity index (χ4v) is 7.00. The van der Waals surface area contributed by atoms with Crippen molar-refractivity contribution in [1.82, 2.24) is 19.5 Å². The molecule has 9 nitrogen and oxygen atoms in total. The number of ether oxygens (including phenoxy) is 1. The maximum absolute atomic E-state index is 12.5. The number of hydrogen-bond acceptors (Lipinski definition) is 7. The predicted molar refractivity (Wildman–Crippen MR) is 153 cm³/mol. The highest BCUT2D eigenvalue weighted by molar-refractivity contribution is 6.30. The largest absolute Gasteiger partial charge is 0.476 e. The van der Waals surface area contributed by atoms with Crippen LogP contribution < -0.4 is 9.80 Å². The molecule has 1 saturated heterocycles. The van der Waals surface area contributed by atoms with Crippen molar-refractivity contribution in [3.8, 4) is 11.3 Å². The highest BCUT2D eigenvalue weighted by Gasteiger charge is 2.39. The second-order valence-electron chi connectivity index (χ2n) is 11.7. The normalized spacial score (nSPS) is 25.2. The Kier molecular flexibility index (Phi) is 7.14. The number of imidazole rings is 1. The molecule has 2 saturated carbocycles. The van der Waals surface area contributed by atoms with E-state index in [2.05, 4.69) is 21.4 Å². The second-order valence-corrected chi connectivity index (χ2v) is 12.1. The number of morpholine rings is 1. The van der Waals surface area contributed by atoms with Crippen LogP contribution in [0.25, 0.3) is 22.3 Å². The highest BCUT2D eigenvalue weighted by atomic mass is 35.5. The van der Waals surface area contributed by atoms with Crippen molar-refractivity contribution in [2.45, 2.75) is 70.6 Å². The van der Waals surface area contributed by atoms with E-state index in [1.165, 1.54) is 25.7 Å². The van der Waals surface area contributed by atoms with Crippen molar-refractivity contribution >= 4 is 40.2 Å². The fourth-order valence-electron chi connectivity index (χ4n) is 6.83. The van der Waals surface area contributed by atoms with Gasteiger partial charge in [-0.3, -0.25) is 4.98 Å². The Balaban J connectivity index is 1.62. The van der Waals surface area contributed by atoms with E-state index in [1.54, 1.807) is 18.5 Å². The number of rotatable bonds is 6. The van der Waals surface area contributed by atoms with Crippen LogP contribution >= 0.6 is 11.6 Å². The molecular formula is C29H37ClN6O3. The van der Waals surface area contributed by atoms with Crippen LogP contribution in [0.15, 0.2) is 18.5 Å². The molecule has 6 rings (SSSR count). The third-order valence-electron chi connectivity index (χ3n) is 8.79. The van der Waals surface area contributed by atoms with Gasteiger partial charge in [0, 0.05) is 45.1 Å². The van der Waals surface area contributed by atoms with Crippen molar-refractivity contribution in [2.75, 3.05) is 37.0 Å². The number of anilines is 2. The SMILES string of the molecule is CC1CCC(Cn2c(N3CCO[C@H]4CCC[C@@H]43)nc3c(N(C)C)c(C(=O)O)nc(-c4cncc(Cl)c4)c32)CC1. The lowest BCUT2D eigenvalue weighted by molar-refractivity contribution is 0.0247. The average Bonchev–Trinajstić information content (AvgIpc) is 3.54. The van der Waals surface area contributed by atoms with Crippen LogP contribution in [-0.4, -0.2) is 70.0 Å². The van der Waals surface area contributed by atoms with E-state index in [0.29, 0.717) is 40.0 Å². The molecule has 0 unspecified atom stereocenters. The van der Waals surface area contributed by atoms with Crippen molar-refractivity contribution in [1.29, 1.82) is 0 Å². The molecule has 39 heavy (non-hydrogen) atoms. The molecule has 10 heteroatoms. The molecular weight excluding hydrogens is 516 g/mol. The molecule has 3 aliphatic rings. The standard InChI is InChI=1S/C29H37ClN6O3/c1-17-7-9-18(10-8-17)16-36-27-23(19-13-20(30)15-31-14-19)32-25(28(37)38)26(34(2)3)24(27)33-29(36)35-11-12-39-22-6-4-5-21(22)35/h13-15,17-18,21-22H,4-12,16H2,1-3H3,(H,37,38)/t17?,18?,21-,22-/m0/s1. The Bertz CT molecular complexity index is 1380. The van der Waals surface area contributed by atoms with Gasteiger partial charge in [0.1, 0.15) is 5.52 Å². The zero-order valence-corrected chi connectivity index (χ0v) is 23.7. The van der Waals surface area contributed by atoms with E-state index in [9.17, 15) is 9.90 Å². The molecule has 2 atom stereocenters. The van der Waals surface area contributed by atoms with Gasteiger partial charge in [0.05, 0.1) is 40.7 Å². The van der Waals surface area contributed by atoms with Gasteiger partial charge in [-0.2, -0.15) is 0 Å². The summed E-state index contributed by atoms with van der Waals surface area (Å²) < 4.78 is 8.48. The second kappa shape index (κ2) is 10.6. The number of halogens is 1. The van der Waals surface area contributed by atoms with Crippen LogP contribution in [0, 0.1) is 11.8 Å². The molecule has 0 aromatic carbocycles. The molecule has 3 aromatic rings. The molecule has 2 aliphatic carbocycles. The average molecular weight is 553 g/mol. The lowest BCUT2D eigenvalue weighted by Crippen LogP contribution is -2.49. The minimum absolute atomic E-state index is 0.0223. The third-order valence-corrected chi connectivity index (χ3v) is 8.99. The number of carboxylic acid groups (broad SMARTS) is 1. The van der Waals surface area contributed by atoms with Gasteiger partial charge in [-0.25, -0.2) is 14.8 Å². The van der Waals surface area contributed by atoms with Gasteiger partial charge in [0.2, 0.25) is 5.95 Å². The number of fused-ring (bicyclic) bond motifs is 2. The minimum Gasteiger partial charge on any atom is -0.476 e. The van der Waals surface area contributed by atoms with Crippen molar-refractivity contribution in [3.63, 3.8) is 0 Å². The molecule has 0 bridgehead atoms. The molecule has 208 valence electrons. The molecule has 0 amide bonds. The first-order chi connectivity index (χ1) is 18.8. The minimum atomic E-state index is -1.09. The first-order valence-electron chi connectivity index (χ1n) is 14.2. The van der Waals surface area contributed by atoms with Crippen LogP contribution in [0.4, 0.5) is 11.6 Å². The lowest BCUT2D eigenvalue weighted by Gasteiger charge is -2.39. The van der Waals surface area contributed by atoms with E-state index >= 15 is 0 Å². The van der Waals surface area contributed by atoms with Crippen LogP contribution in [0.5, 0.6) is 0 Å². The van der Waals surface area contributed by atoms with Gasteiger partial charge >= 0.3 is 5.97 Å². The molecule has 1 aliphatic heterocycles. The Labute approximate surface area is 234 Å². The molecule has 0 spiro atoms. The zero-order valence-electron chi connectivity index (χ0n) is 22.9. The fraction of sp³-hybridized carbons (Fsp3) is 0.586. The monoisotopic (exact) mass is 552 g/mol. The maximum atomic E-state index is 12.5. The molecule has 1 N–H and O–H groups in total. The van der Waals surface area contributed by atoms with Crippen LogP contribution in [0.3, 0.4) is 0 Å². The van der Waals surface area contributed by atoms with Crippen LogP contribution in [0.1, 0.15) is 62.4 Å². The molecule has 3 fully saturated rings. The number of pyridine rings is 2. The van der Waals surface area contributed by atoms with Crippen LogP contribution in [-0.2, 0) is 11.3 Å². The number of aromatic carboxylic acids is 1. The smallest absolute Gasteiger partial charge is 0.356 e. The summed E-state index contributed by atoms with van der Waals surface area (Å²) in [5.41, 5.74) is 3.24. The first kappa shape index (κ1) is 26.3. The number of nitrogens with zero attached hydrogens (tertiary/aromatic N) is 6. The summed E-state index contributed by atoms with van der Waals surface area (Å²) >= 11 is 6.37. The van der Waals surface area contributed by atoms with E-state index in [0.717, 1.165) is 49.7 Å². The summed E-state index contributed by atoms with van der Waals surface area (Å²) in [4.78, 5) is 31.1. The molecule has 3 aromatic heterocycles. The van der Waals surface area contributed by atoms with Gasteiger partial charge in [-0.1, -0.05) is 31.4 Å². The van der Waals surface area contributed by atoms with Gasteiger partial charge < -0.3 is 24.2 Å². The number of carbonyl (C=O) groups is 1. The quantitative estimate of drug-likeness (QED) is 0.428. The molecule has 4 heterocycles. The Hall–Kier alpha value is -2.91. The lowest BCUT2D eigenvalue weighted by atomic mass is 9.83. The summed E-state index contributed by atoms with van der Waals surface area (Å²) in [6, 6.07) is 2.07. The summed E-state index contributed by atoms with van der Waals surface area (Å²) in [6.07, 6.45) is 11.6. The van der Waals surface area contributed by atoms with E-state index in [4.69, 9.17) is 26.3 Å². The van der Waals surface area contributed by atoms with Crippen LogP contribution in [0.2, 0.25) is 5.02 Å². The zero-order chi connectivity index (χ0) is 27.3. The van der Waals surface area contributed by atoms with Gasteiger partial charge in [0.25, 0.3) is 0 Å². The summed E-state index contributed by atoms with van der Waals surface area (Å²) in [6.45, 7) is 4.58. The summed E-state index contributed by atoms with van der Waals surface area (Å²) in [7, 11) is 3.71. The predicted octanol–water partition coefficient (Wildman–Crippen LogP) is 5.49. The first-order valence-corrected chi connectivity index (χ1v) is 14.5. The Morgan fingerprint density at radius 3 is 2.67 bits per heavy atom. The highest BCUT2D eigenvalue weighted by Crippen LogP contribution is 2.42. The van der Waals surface area contributed by atoms with Crippen molar-refractivity contribution in [2.24, 2.45) is 11.8 Å². The van der Waals surface area contributed by atoms with Crippen molar-refractivity contribution in [3.05, 3.63) is 29.2 Å². The topological polar surface area (TPSA) is 96.6 Å². The number of carboxylic acids is 1. The van der Waals surface area contributed by atoms with Gasteiger partial charge in [-0.15, -0.1) is 0 Å². The van der Waals surface area contributed by atoms with Gasteiger partial charge in [-0.05, 0) is 50.0 Å². The summed E-state index contributed by atoms with van der Waals surface area (Å²) in [5.74, 6) is 1.08. The Morgan fingerprint density at radius 1 is 1.15 bits per heavy atom. The van der Waals surface area contributed by atoms with E-state index in [-0.39, 0.29) is 17.8 Å². The Morgan fingerprint density at radius 2 is 1.95 bits per heavy atom. The summed E-state index contributed by atoms with van der Waals surface area (Å²) in [5, 5.41) is 10.7. The third kappa shape index (κ3) is 4.84. The van der Waals surface area contributed by atoms with Gasteiger partial charge in [0.15, 0.2) is 5.69 Å². The maximum Gasteiger partial charge on any atom is 0.356 e. The van der Waals surface area contributed by atoms with E-state index in [1.807, 2.05) is 19.0 Å². The number of aromatic nitrogens is 4.